The lowest BCUT2D eigenvalue weighted by atomic mass is 10.00. The molecule has 1 N–H and O–H groups in total. The molecule has 0 fully saturated rings. The third-order valence-corrected chi connectivity index (χ3v) is 2.23. The van der Waals surface area contributed by atoms with Gasteiger partial charge in [0.1, 0.15) is 5.82 Å². The minimum absolute atomic E-state index is 0.128. The summed E-state index contributed by atoms with van der Waals surface area (Å²) in [5.41, 5.74) is 0.432. The van der Waals surface area contributed by atoms with E-state index in [-0.39, 0.29) is 12.1 Å². The summed E-state index contributed by atoms with van der Waals surface area (Å²) >= 11 is 0. The summed E-state index contributed by atoms with van der Waals surface area (Å²) < 4.78 is 38.9. The summed E-state index contributed by atoms with van der Waals surface area (Å²) in [4.78, 5) is 0. The van der Waals surface area contributed by atoms with Gasteiger partial charge >= 0.3 is 0 Å². The Bertz CT molecular complexity index is 349. The van der Waals surface area contributed by atoms with E-state index in [9.17, 15) is 13.2 Å². The van der Waals surface area contributed by atoms with Gasteiger partial charge in [0.15, 0.2) is 11.6 Å². The molecule has 0 radical (unpaired) electrons. The molecule has 1 aromatic carbocycles. The number of benzene rings is 1. The van der Waals surface area contributed by atoms with Crippen molar-refractivity contribution < 1.29 is 13.2 Å². The minimum Gasteiger partial charge on any atom is -0.312 e. The molecule has 0 unspecified atom stereocenters. The number of fused-ring (bicyclic) bond motifs is 1. The van der Waals surface area contributed by atoms with E-state index in [1.807, 2.05) is 0 Å². The first-order valence-corrected chi connectivity index (χ1v) is 4.06. The zero-order valence-electron chi connectivity index (χ0n) is 6.83. The Kier molecular flexibility index (Phi) is 2.00. The number of nitrogens with one attached hydrogen (secondary N) is 1. The Morgan fingerprint density at radius 3 is 2.62 bits per heavy atom. The highest BCUT2D eigenvalue weighted by molar-refractivity contribution is 5.32. The topological polar surface area (TPSA) is 12.0 Å². The molecule has 0 aliphatic carbocycles. The van der Waals surface area contributed by atoms with Crippen molar-refractivity contribution >= 4 is 0 Å². The van der Waals surface area contributed by atoms with E-state index < -0.39 is 17.5 Å². The van der Waals surface area contributed by atoms with Gasteiger partial charge in [-0.3, -0.25) is 0 Å². The van der Waals surface area contributed by atoms with Crippen LogP contribution in [0.4, 0.5) is 13.2 Å². The van der Waals surface area contributed by atoms with Crippen LogP contribution in [0.1, 0.15) is 11.1 Å². The lowest BCUT2D eigenvalue weighted by Gasteiger charge is -2.18. The molecule has 1 aromatic rings. The van der Waals surface area contributed by atoms with Gasteiger partial charge in [0.05, 0.1) is 0 Å². The average Bonchev–Trinajstić information content (AvgIpc) is 2.15. The van der Waals surface area contributed by atoms with Crippen molar-refractivity contribution in [2.24, 2.45) is 0 Å². The van der Waals surface area contributed by atoms with E-state index in [4.69, 9.17) is 0 Å². The monoisotopic (exact) mass is 187 g/mol. The van der Waals surface area contributed by atoms with Gasteiger partial charge in [-0.05, 0) is 18.5 Å². The normalized spacial score (nSPS) is 15.6. The summed E-state index contributed by atoms with van der Waals surface area (Å²) in [5, 5.41) is 2.86. The smallest absolute Gasteiger partial charge is 0.163 e. The fraction of sp³-hybridized carbons (Fsp3) is 0.333. The summed E-state index contributed by atoms with van der Waals surface area (Å²) in [5.74, 6) is -2.68. The number of rotatable bonds is 0. The number of hydrogen-bond donors (Lipinski definition) is 1. The maximum atomic E-state index is 13.1. The van der Waals surface area contributed by atoms with Gasteiger partial charge in [-0.15, -0.1) is 0 Å². The maximum Gasteiger partial charge on any atom is 0.163 e. The van der Waals surface area contributed by atoms with Crippen molar-refractivity contribution in [3.05, 3.63) is 34.6 Å². The fourth-order valence-corrected chi connectivity index (χ4v) is 1.56. The Labute approximate surface area is 73.6 Å². The summed E-state index contributed by atoms with van der Waals surface area (Å²) in [6.07, 6.45) is 0.415. The van der Waals surface area contributed by atoms with Crippen LogP contribution >= 0.6 is 0 Å². The molecule has 0 amide bonds. The van der Waals surface area contributed by atoms with Gasteiger partial charge in [-0.2, -0.15) is 0 Å². The van der Waals surface area contributed by atoms with Crippen molar-refractivity contribution in [1.82, 2.24) is 5.32 Å². The van der Waals surface area contributed by atoms with E-state index in [0.717, 1.165) is 0 Å². The Hall–Kier alpha value is -1.03. The van der Waals surface area contributed by atoms with Crippen molar-refractivity contribution in [3.8, 4) is 0 Å². The second-order valence-corrected chi connectivity index (χ2v) is 3.04. The molecule has 1 aliphatic rings. The first kappa shape index (κ1) is 8.56. The predicted octanol–water partition coefficient (Wildman–Crippen LogP) is 1.75. The Morgan fingerprint density at radius 1 is 1.08 bits per heavy atom. The summed E-state index contributed by atoms with van der Waals surface area (Å²) in [7, 11) is 0. The van der Waals surface area contributed by atoms with Crippen LogP contribution in [0.5, 0.6) is 0 Å². The van der Waals surface area contributed by atoms with Crippen LogP contribution in [0.15, 0.2) is 6.07 Å². The van der Waals surface area contributed by atoms with Crippen molar-refractivity contribution in [2.75, 3.05) is 6.54 Å². The second-order valence-electron chi connectivity index (χ2n) is 3.04. The molecule has 1 nitrogen and oxygen atoms in total. The van der Waals surface area contributed by atoms with E-state index in [1.165, 1.54) is 0 Å². The lowest BCUT2D eigenvalue weighted by molar-refractivity contribution is 0.462. The molecular weight excluding hydrogens is 179 g/mol. The zero-order valence-corrected chi connectivity index (χ0v) is 6.83. The molecular formula is C9H8F3N. The predicted molar refractivity (Wildman–Crippen MR) is 41.7 cm³/mol. The molecule has 2 rings (SSSR count). The second kappa shape index (κ2) is 3.03. The van der Waals surface area contributed by atoms with Gasteiger partial charge < -0.3 is 5.32 Å². The van der Waals surface area contributed by atoms with Crippen LogP contribution in [-0.4, -0.2) is 6.54 Å². The van der Waals surface area contributed by atoms with Crippen molar-refractivity contribution in [3.63, 3.8) is 0 Å². The van der Waals surface area contributed by atoms with Gasteiger partial charge in [-0.25, -0.2) is 13.2 Å². The van der Waals surface area contributed by atoms with E-state index in [0.29, 0.717) is 24.6 Å². The maximum absolute atomic E-state index is 13.1. The number of hydrogen-bond acceptors (Lipinski definition) is 1. The first-order chi connectivity index (χ1) is 6.20. The molecule has 4 heteroatoms. The van der Waals surface area contributed by atoms with Crippen LogP contribution in [0, 0.1) is 17.5 Å². The first-order valence-electron chi connectivity index (χ1n) is 4.06. The molecule has 1 aliphatic heterocycles. The van der Waals surface area contributed by atoms with Crippen LogP contribution in [0.2, 0.25) is 0 Å². The highest BCUT2D eigenvalue weighted by atomic mass is 19.2. The Balaban J connectivity index is 2.63. The lowest BCUT2D eigenvalue weighted by Crippen LogP contribution is -2.26. The molecule has 0 saturated carbocycles. The SMILES string of the molecule is Fc1cc(F)c2c(c1F)CNCC2. The highest BCUT2D eigenvalue weighted by Gasteiger charge is 2.20. The minimum atomic E-state index is -1.11. The van der Waals surface area contributed by atoms with Crippen LogP contribution < -0.4 is 5.32 Å². The van der Waals surface area contributed by atoms with Crippen molar-refractivity contribution in [1.29, 1.82) is 0 Å². The standard InChI is InChI=1S/C9H8F3N/c10-7-3-8(11)9(12)6-4-13-2-1-5(6)7/h3,13H,1-2,4H2. The van der Waals surface area contributed by atoms with Gasteiger partial charge in [0.2, 0.25) is 0 Å². The average molecular weight is 187 g/mol. The molecule has 0 atom stereocenters. The molecule has 13 heavy (non-hydrogen) atoms. The van der Waals surface area contributed by atoms with Crippen LogP contribution in [-0.2, 0) is 13.0 Å². The van der Waals surface area contributed by atoms with E-state index in [2.05, 4.69) is 5.32 Å². The fourth-order valence-electron chi connectivity index (χ4n) is 1.56. The Morgan fingerprint density at radius 2 is 1.85 bits per heavy atom. The quantitative estimate of drug-likeness (QED) is 0.610. The molecule has 0 aromatic heterocycles. The molecule has 0 saturated heterocycles. The van der Waals surface area contributed by atoms with Gasteiger partial charge in [-0.1, -0.05) is 0 Å². The largest absolute Gasteiger partial charge is 0.312 e. The third kappa shape index (κ3) is 1.31. The molecule has 0 spiro atoms. The molecule has 70 valence electrons. The van der Waals surface area contributed by atoms with Crippen LogP contribution in [0.3, 0.4) is 0 Å². The summed E-state index contributed by atoms with van der Waals surface area (Å²) in [6, 6.07) is 0.611. The van der Waals surface area contributed by atoms with Gasteiger partial charge in [0.25, 0.3) is 0 Å². The van der Waals surface area contributed by atoms with E-state index >= 15 is 0 Å². The number of halogens is 3. The molecule has 0 bridgehead atoms. The highest BCUT2D eigenvalue weighted by Crippen LogP contribution is 2.22. The summed E-state index contributed by atoms with van der Waals surface area (Å²) in [6.45, 7) is 0.810. The third-order valence-electron chi connectivity index (χ3n) is 2.23. The van der Waals surface area contributed by atoms with Crippen LogP contribution in [0.25, 0.3) is 0 Å². The molecule has 1 heterocycles. The van der Waals surface area contributed by atoms with E-state index in [1.54, 1.807) is 0 Å². The zero-order chi connectivity index (χ0) is 9.42. The van der Waals surface area contributed by atoms with Crippen molar-refractivity contribution in [2.45, 2.75) is 13.0 Å². The van der Waals surface area contributed by atoms with Gasteiger partial charge in [0, 0.05) is 18.2 Å².